The average Bonchev–Trinajstić information content (AvgIpc) is 2.94. The Labute approximate surface area is 210 Å². The summed E-state index contributed by atoms with van der Waals surface area (Å²) in [5, 5.41) is 4.66. The van der Waals surface area contributed by atoms with E-state index in [-0.39, 0.29) is 0 Å². The molecule has 7 heteroatoms. The fourth-order valence-corrected chi connectivity index (χ4v) is 10.8. The van der Waals surface area contributed by atoms with E-state index in [0.29, 0.717) is 23.0 Å². The quantitative estimate of drug-likeness (QED) is 0.311. The molecule has 0 spiro atoms. The van der Waals surface area contributed by atoms with Gasteiger partial charge in [0.2, 0.25) is 18.1 Å². The molecule has 0 saturated carbocycles. The van der Waals surface area contributed by atoms with Crippen LogP contribution in [0.5, 0.6) is 23.0 Å². The average molecular weight is 503 g/mol. The van der Waals surface area contributed by atoms with Crippen molar-refractivity contribution < 1.29 is 23.1 Å². The van der Waals surface area contributed by atoms with Crippen LogP contribution < -0.4 is 39.7 Å². The molecule has 0 fully saturated rings. The Hall–Kier alpha value is -3.53. The molecule has 180 valence electrons. The molecule has 0 saturated heterocycles. The third kappa shape index (κ3) is 5.59. The fourth-order valence-electron chi connectivity index (χ4n) is 4.12. The van der Waals surface area contributed by atoms with Gasteiger partial charge in [-0.3, -0.25) is 0 Å². The lowest BCUT2D eigenvalue weighted by atomic mass is 10.3. The molecule has 35 heavy (non-hydrogen) atoms. The number of benzene rings is 4. The van der Waals surface area contributed by atoms with E-state index in [1.54, 1.807) is 28.4 Å². The highest BCUT2D eigenvalue weighted by Gasteiger charge is 2.28. The van der Waals surface area contributed by atoms with E-state index in [2.05, 4.69) is 60.7 Å². The lowest BCUT2D eigenvalue weighted by molar-refractivity contribution is 0.355. The van der Waals surface area contributed by atoms with E-state index < -0.39 is 18.1 Å². The standard InChI is InChI=1S/C28H30O5Si2/c1-29-25-17-15-23(19-27(25)31-3)34(21-11-7-5-8-12-21)33-35(22-13-9-6-10-14-22)24-16-18-26(30-2)28(20-24)32-4/h5-20,34-35H,1-4H3. The Morgan fingerprint density at radius 2 is 0.771 bits per heavy atom. The van der Waals surface area contributed by atoms with Crippen molar-refractivity contribution in [3.63, 3.8) is 0 Å². The molecule has 0 bridgehead atoms. The lowest BCUT2D eigenvalue weighted by Crippen LogP contribution is -2.56. The molecule has 4 aromatic carbocycles. The highest BCUT2D eigenvalue weighted by molar-refractivity contribution is 6.91. The minimum Gasteiger partial charge on any atom is -0.493 e. The van der Waals surface area contributed by atoms with Gasteiger partial charge in [-0.1, -0.05) is 72.8 Å². The van der Waals surface area contributed by atoms with Crippen LogP contribution in [0.3, 0.4) is 0 Å². The molecule has 0 aliphatic carbocycles. The summed E-state index contributed by atoms with van der Waals surface area (Å²) in [6.07, 6.45) is 0. The Balaban J connectivity index is 1.83. The van der Waals surface area contributed by atoms with Gasteiger partial charge in [0.25, 0.3) is 0 Å². The van der Waals surface area contributed by atoms with E-state index in [9.17, 15) is 0 Å². The van der Waals surface area contributed by atoms with Gasteiger partial charge in [0.1, 0.15) is 0 Å². The maximum atomic E-state index is 7.23. The third-order valence-electron chi connectivity index (χ3n) is 5.90. The van der Waals surface area contributed by atoms with E-state index in [1.165, 1.54) is 10.4 Å². The molecule has 0 N–H and O–H groups in total. The zero-order chi connectivity index (χ0) is 24.6. The van der Waals surface area contributed by atoms with Crippen molar-refractivity contribution in [2.75, 3.05) is 28.4 Å². The fraction of sp³-hybridized carbons (Fsp3) is 0.143. The van der Waals surface area contributed by atoms with Crippen LogP contribution >= 0.6 is 0 Å². The molecular formula is C28H30O5Si2. The van der Waals surface area contributed by atoms with Crippen molar-refractivity contribution in [1.82, 2.24) is 0 Å². The van der Waals surface area contributed by atoms with Gasteiger partial charge in [-0.05, 0) is 45.0 Å². The molecule has 0 aliphatic rings. The van der Waals surface area contributed by atoms with E-state index >= 15 is 0 Å². The molecule has 4 aromatic rings. The van der Waals surface area contributed by atoms with Crippen molar-refractivity contribution in [1.29, 1.82) is 0 Å². The summed E-state index contributed by atoms with van der Waals surface area (Å²) in [7, 11) is 2.39. The normalized spacial score (nSPS) is 12.5. The highest BCUT2D eigenvalue weighted by Crippen LogP contribution is 2.26. The smallest absolute Gasteiger partial charge is 0.228 e. The first kappa shape index (κ1) is 24.6. The first-order chi connectivity index (χ1) is 17.2. The summed E-state index contributed by atoms with van der Waals surface area (Å²) < 4.78 is 29.4. The molecule has 0 heterocycles. The van der Waals surface area contributed by atoms with Crippen LogP contribution in [-0.4, -0.2) is 46.5 Å². The summed E-state index contributed by atoms with van der Waals surface area (Å²) in [4.78, 5) is 0. The van der Waals surface area contributed by atoms with Gasteiger partial charge < -0.3 is 23.1 Å². The van der Waals surface area contributed by atoms with Crippen LogP contribution in [-0.2, 0) is 4.12 Å². The van der Waals surface area contributed by atoms with Gasteiger partial charge >= 0.3 is 0 Å². The molecule has 2 atom stereocenters. The topological polar surface area (TPSA) is 46.2 Å². The van der Waals surface area contributed by atoms with Gasteiger partial charge in [-0.2, -0.15) is 0 Å². The maximum absolute atomic E-state index is 7.23. The molecule has 0 aromatic heterocycles. The largest absolute Gasteiger partial charge is 0.493 e. The Morgan fingerprint density at radius 3 is 1.11 bits per heavy atom. The van der Waals surface area contributed by atoms with Gasteiger partial charge in [0.05, 0.1) is 28.4 Å². The molecule has 0 aliphatic heterocycles. The second-order valence-corrected chi connectivity index (χ2v) is 13.2. The van der Waals surface area contributed by atoms with Crippen LogP contribution in [0, 0.1) is 0 Å². The summed E-state index contributed by atoms with van der Waals surface area (Å²) in [6, 6.07) is 33.1. The number of hydrogen-bond acceptors (Lipinski definition) is 5. The van der Waals surface area contributed by atoms with Crippen molar-refractivity contribution in [2.45, 2.75) is 0 Å². The minimum atomic E-state index is -2.11. The summed E-state index contributed by atoms with van der Waals surface area (Å²) in [6.45, 7) is 0. The first-order valence-corrected chi connectivity index (χ1v) is 14.6. The van der Waals surface area contributed by atoms with Crippen molar-refractivity contribution in [3.05, 3.63) is 97.1 Å². The van der Waals surface area contributed by atoms with Crippen LogP contribution in [0.25, 0.3) is 0 Å². The second kappa shape index (κ2) is 11.7. The highest BCUT2D eigenvalue weighted by atomic mass is 28.4. The number of hydrogen-bond donors (Lipinski definition) is 0. The number of ether oxygens (including phenoxy) is 4. The maximum Gasteiger partial charge on any atom is 0.228 e. The molecular weight excluding hydrogens is 472 g/mol. The lowest BCUT2D eigenvalue weighted by Gasteiger charge is -2.26. The molecule has 2 unspecified atom stereocenters. The summed E-state index contributed by atoms with van der Waals surface area (Å²) >= 11 is 0. The monoisotopic (exact) mass is 502 g/mol. The van der Waals surface area contributed by atoms with Crippen molar-refractivity contribution in [2.24, 2.45) is 0 Å². The molecule has 4 rings (SSSR count). The van der Waals surface area contributed by atoms with Crippen LogP contribution in [0.15, 0.2) is 97.1 Å². The van der Waals surface area contributed by atoms with E-state index in [4.69, 9.17) is 23.1 Å². The number of rotatable bonds is 10. The first-order valence-electron chi connectivity index (χ1n) is 11.4. The molecule has 0 amide bonds. The van der Waals surface area contributed by atoms with Crippen molar-refractivity contribution >= 4 is 38.8 Å². The van der Waals surface area contributed by atoms with Crippen LogP contribution in [0.1, 0.15) is 0 Å². The second-order valence-electron chi connectivity index (χ2n) is 7.95. The summed E-state index contributed by atoms with van der Waals surface area (Å²) in [5.74, 6) is 2.81. The van der Waals surface area contributed by atoms with Gasteiger partial charge in [-0.15, -0.1) is 0 Å². The molecule has 5 nitrogen and oxygen atoms in total. The SMILES string of the molecule is COc1ccc([SiH](O[SiH](c2ccccc2)c2ccc(OC)c(OC)c2)c2ccccc2)cc1OC. The van der Waals surface area contributed by atoms with Crippen LogP contribution in [0.2, 0.25) is 0 Å². The summed E-state index contributed by atoms with van der Waals surface area (Å²) in [5.41, 5.74) is 0. The van der Waals surface area contributed by atoms with Gasteiger partial charge in [0.15, 0.2) is 23.0 Å². The Morgan fingerprint density at radius 1 is 0.400 bits per heavy atom. The molecule has 0 radical (unpaired) electrons. The van der Waals surface area contributed by atoms with Gasteiger partial charge in [0, 0.05) is 0 Å². The predicted octanol–water partition coefficient (Wildman–Crippen LogP) is 2.11. The zero-order valence-electron chi connectivity index (χ0n) is 20.4. The van der Waals surface area contributed by atoms with E-state index in [1.807, 2.05) is 36.4 Å². The zero-order valence-corrected chi connectivity index (χ0v) is 22.7. The number of methoxy groups -OCH3 is 4. The minimum absolute atomic E-state index is 0.700. The Bertz CT molecular complexity index is 1140. The van der Waals surface area contributed by atoms with Crippen LogP contribution in [0.4, 0.5) is 0 Å². The predicted molar refractivity (Wildman–Crippen MR) is 146 cm³/mol. The van der Waals surface area contributed by atoms with Gasteiger partial charge in [-0.25, -0.2) is 0 Å². The Kier molecular flexibility index (Phi) is 8.25. The van der Waals surface area contributed by atoms with Crippen molar-refractivity contribution in [3.8, 4) is 23.0 Å². The third-order valence-corrected chi connectivity index (χ3v) is 12.0. The van der Waals surface area contributed by atoms with E-state index in [0.717, 1.165) is 10.4 Å².